The van der Waals surface area contributed by atoms with Crippen LogP contribution in [0.1, 0.15) is 58.6 Å². The van der Waals surface area contributed by atoms with E-state index in [2.05, 4.69) is 15.6 Å². The third-order valence-electron chi connectivity index (χ3n) is 6.07. The van der Waals surface area contributed by atoms with Gasteiger partial charge in [0.1, 0.15) is 5.82 Å². The van der Waals surface area contributed by atoms with Crippen molar-refractivity contribution in [3.63, 3.8) is 0 Å². The summed E-state index contributed by atoms with van der Waals surface area (Å²) < 4.78 is 13.7. The van der Waals surface area contributed by atoms with Crippen LogP contribution in [-0.4, -0.2) is 47.2 Å². The molecule has 2 aliphatic heterocycles. The summed E-state index contributed by atoms with van der Waals surface area (Å²) in [4.78, 5) is 42.3. The Morgan fingerprint density at radius 1 is 1.22 bits per heavy atom. The van der Waals surface area contributed by atoms with Crippen LogP contribution in [0.4, 0.5) is 10.1 Å². The van der Waals surface area contributed by atoms with E-state index in [1.54, 1.807) is 19.9 Å². The van der Waals surface area contributed by atoms with Gasteiger partial charge in [-0.25, -0.2) is 4.39 Å². The van der Waals surface area contributed by atoms with Gasteiger partial charge in [0, 0.05) is 48.7 Å². The molecule has 1 fully saturated rings. The number of aryl methyl sites for hydroxylation is 1. The van der Waals surface area contributed by atoms with Crippen molar-refractivity contribution in [2.24, 2.45) is 0 Å². The Hall–Kier alpha value is -3.42. The smallest absolute Gasteiger partial charge is 0.256 e. The number of carbonyl (C=O) groups is 3. The van der Waals surface area contributed by atoms with Crippen LogP contribution in [0.2, 0.25) is 0 Å². The molecule has 0 atom stereocenters. The Labute approximate surface area is 186 Å². The van der Waals surface area contributed by atoms with Crippen molar-refractivity contribution in [3.05, 3.63) is 52.1 Å². The zero-order valence-corrected chi connectivity index (χ0v) is 18.3. The standard InChI is InChI=1S/C24H27FN4O3/c1-14-20(13-18-17-12-16(25)7-8-19(17)28-23(18)31)27-15(2)22(14)24(32)26-9-5-6-21(30)29-10-3-4-11-29/h7-8,12-13,27H,3-6,9-11H2,1-2H3,(H,26,32)(H,28,31)/b18-13-. The van der Waals surface area contributed by atoms with Crippen LogP contribution in [0, 0.1) is 19.7 Å². The summed E-state index contributed by atoms with van der Waals surface area (Å²) in [6, 6.07) is 4.15. The number of hydrogen-bond acceptors (Lipinski definition) is 3. The Balaban J connectivity index is 1.43. The van der Waals surface area contributed by atoms with Gasteiger partial charge in [0.25, 0.3) is 11.8 Å². The predicted molar refractivity (Wildman–Crippen MR) is 121 cm³/mol. The molecule has 3 amide bonds. The summed E-state index contributed by atoms with van der Waals surface area (Å²) in [5.41, 5.74) is 3.92. The van der Waals surface area contributed by atoms with E-state index < -0.39 is 5.82 Å². The quantitative estimate of drug-likeness (QED) is 0.477. The number of H-pyrrole nitrogens is 1. The minimum Gasteiger partial charge on any atom is -0.358 e. The van der Waals surface area contributed by atoms with Crippen molar-refractivity contribution in [1.29, 1.82) is 0 Å². The van der Waals surface area contributed by atoms with Gasteiger partial charge in [-0.3, -0.25) is 14.4 Å². The Bertz CT molecular complexity index is 1110. The Morgan fingerprint density at radius 3 is 2.72 bits per heavy atom. The number of halogens is 1. The SMILES string of the molecule is Cc1[nH]c(/C=C2\C(=O)Nc3ccc(F)cc32)c(C)c1C(=O)NCCCC(=O)N1CCCC1. The average molecular weight is 439 g/mol. The minimum atomic E-state index is -0.422. The molecule has 7 nitrogen and oxygen atoms in total. The van der Waals surface area contributed by atoms with Gasteiger partial charge >= 0.3 is 0 Å². The molecule has 32 heavy (non-hydrogen) atoms. The molecule has 0 saturated carbocycles. The molecule has 1 aromatic carbocycles. The molecule has 3 N–H and O–H groups in total. The highest BCUT2D eigenvalue weighted by Crippen LogP contribution is 2.34. The van der Waals surface area contributed by atoms with Crippen molar-refractivity contribution < 1.29 is 18.8 Å². The minimum absolute atomic E-state index is 0.145. The van der Waals surface area contributed by atoms with E-state index in [4.69, 9.17) is 0 Å². The largest absolute Gasteiger partial charge is 0.358 e. The van der Waals surface area contributed by atoms with Crippen molar-refractivity contribution in [2.75, 3.05) is 25.0 Å². The van der Waals surface area contributed by atoms with Crippen molar-refractivity contribution >= 4 is 35.1 Å². The van der Waals surface area contributed by atoms with Crippen molar-refractivity contribution in [2.45, 2.75) is 39.5 Å². The number of nitrogens with one attached hydrogen (secondary N) is 3. The number of fused-ring (bicyclic) bond motifs is 1. The fraction of sp³-hybridized carbons (Fsp3) is 0.375. The number of hydrogen-bond donors (Lipinski definition) is 3. The van der Waals surface area contributed by atoms with Crippen LogP contribution in [-0.2, 0) is 9.59 Å². The number of anilines is 1. The maximum Gasteiger partial charge on any atom is 0.256 e. The zero-order valence-electron chi connectivity index (χ0n) is 18.3. The first-order valence-electron chi connectivity index (χ1n) is 10.9. The van der Waals surface area contributed by atoms with Gasteiger partial charge in [-0.2, -0.15) is 0 Å². The number of nitrogens with zero attached hydrogens (tertiary/aromatic N) is 1. The van der Waals surface area contributed by atoms with E-state index in [0.717, 1.165) is 25.9 Å². The number of aromatic nitrogens is 1. The third kappa shape index (κ3) is 4.30. The summed E-state index contributed by atoms with van der Waals surface area (Å²) in [5.74, 6) is -0.817. The molecule has 4 rings (SSSR count). The molecule has 2 aliphatic rings. The third-order valence-corrected chi connectivity index (χ3v) is 6.07. The zero-order chi connectivity index (χ0) is 22.8. The highest BCUT2D eigenvalue weighted by atomic mass is 19.1. The van der Waals surface area contributed by atoms with Crippen molar-refractivity contribution in [3.8, 4) is 0 Å². The molecule has 0 bridgehead atoms. The number of rotatable bonds is 6. The maximum atomic E-state index is 13.7. The summed E-state index contributed by atoms with van der Waals surface area (Å²) in [7, 11) is 0. The summed E-state index contributed by atoms with van der Waals surface area (Å²) in [6.07, 6.45) is 4.79. The maximum absolute atomic E-state index is 13.7. The molecule has 0 unspecified atom stereocenters. The van der Waals surface area contributed by atoms with Crippen LogP contribution >= 0.6 is 0 Å². The Kier molecular flexibility index (Phi) is 6.12. The van der Waals surface area contributed by atoms with E-state index in [9.17, 15) is 18.8 Å². The van der Waals surface area contributed by atoms with Crippen LogP contribution in [0.25, 0.3) is 11.6 Å². The fourth-order valence-corrected chi connectivity index (χ4v) is 4.36. The molecule has 0 radical (unpaired) electrons. The summed E-state index contributed by atoms with van der Waals surface area (Å²) in [6.45, 7) is 5.68. The molecule has 1 saturated heterocycles. The molecular weight excluding hydrogens is 411 g/mol. The molecule has 2 aromatic rings. The number of likely N-dealkylation sites (tertiary alicyclic amines) is 1. The monoisotopic (exact) mass is 438 g/mol. The first-order chi connectivity index (χ1) is 15.3. The van der Waals surface area contributed by atoms with Gasteiger partial charge in [0.15, 0.2) is 0 Å². The topological polar surface area (TPSA) is 94.3 Å². The van der Waals surface area contributed by atoms with Crippen LogP contribution in [0.3, 0.4) is 0 Å². The lowest BCUT2D eigenvalue weighted by molar-refractivity contribution is -0.130. The van der Waals surface area contributed by atoms with E-state index in [1.807, 2.05) is 4.90 Å². The molecule has 8 heteroatoms. The lowest BCUT2D eigenvalue weighted by atomic mass is 10.0. The van der Waals surface area contributed by atoms with E-state index in [1.165, 1.54) is 18.2 Å². The average Bonchev–Trinajstić information content (AvgIpc) is 3.45. The molecule has 0 aliphatic carbocycles. The highest BCUT2D eigenvalue weighted by molar-refractivity contribution is 6.34. The van der Waals surface area contributed by atoms with E-state index in [-0.39, 0.29) is 17.7 Å². The number of aromatic amines is 1. The summed E-state index contributed by atoms with van der Waals surface area (Å²) >= 11 is 0. The first-order valence-corrected chi connectivity index (χ1v) is 10.9. The summed E-state index contributed by atoms with van der Waals surface area (Å²) in [5, 5.41) is 5.61. The van der Waals surface area contributed by atoms with Gasteiger partial charge in [0.05, 0.1) is 11.1 Å². The second-order valence-electron chi connectivity index (χ2n) is 8.31. The molecule has 0 spiro atoms. The van der Waals surface area contributed by atoms with Crippen molar-refractivity contribution in [1.82, 2.24) is 15.2 Å². The van der Waals surface area contributed by atoms with Gasteiger partial charge in [0.2, 0.25) is 5.91 Å². The van der Waals surface area contributed by atoms with Gasteiger partial charge in [-0.05, 0) is 62.9 Å². The molecule has 3 heterocycles. The van der Waals surface area contributed by atoms with Crippen LogP contribution < -0.4 is 10.6 Å². The van der Waals surface area contributed by atoms with E-state index >= 15 is 0 Å². The number of benzene rings is 1. The van der Waals surface area contributed by atoms with Gasteiger partial charge < -0.3 is 20.5 Å². The van der Waals surface area contributed by atoms with Gasteiger partial charge in [-0.1, -0.05) is 0 Å². The molecule has 1 aromatic heterocycles. The van der Waals surface area contributed by atoms with Crippen LogP contribution in [0.15, 0.2) is 18.2 Å². The highest BCUT2D eigenvalue weighted by Gasteiger charge is 2.26. The number of amides is 3. The predicted octanol–water partition coefficient (Wildman–Crippen LogP) is 3.40. The van der Waals surface area contributed by atoms with Crippen LogP contribution in [0.5, 0.6) is 0 Å². The lowest BCUT2D eigenvalue weighted by Gasteiger charge is -2.15. The first kappa shape index (κ1) is 21.8. The van der Waals surface area contributed by atoms with Gasteiger partial charge in [-0.15, -0.1) is 0 Å². The Morgan fingerprint density at radius 2 is 1.97 bits per heavy atom. The fourth-order valence-electron chi connectivity index (χ4n) is 4.36. The second kappa shape index (κ2) is 8.98. The molecular formula is C24H27FN4O3. The number of carbonyl (C=O) groups excluding carboxylic acids is 3. The lowest BCUT2D eigenvalue weighted by Crippen LogP contribution is -2.30. The normalized spacial score (nSPS) is 16.4. The molecule has 168 valence electrons. The second-order valence-corrected chi connectivity index (χ2v) is 8.31. The van der Waals surface area contributed by atoms with E-state index in [0.29, 0.717) is 58.7 Å².